The molecule has 0 spiro atoms. The topological polar surface area (TPSA) is 79.4 Å². The number of anilines is 1. The molecule has 0 unspecified atom stereocenters. The molecule has 0 fully saturated rings. The van der Waals surface area contributed by atoms with Crippen molar-refractivity contribution in [1.82, 2.24) is 13.7 Å². The summed E-state index contributed by atoms with van der Waals surface area (Å²) in [5.41, 5.74) is 5.09. The maximum Gasteiger partial charge on any atom is 0.331 e. The van der Waals surface area contributed by atoms with Gasteiger partial charge >= 0.3 is 5.69 Å². The lowest BCUT2D eigenvalue weighted by Gasteiger charge is -2.31. The zero-order chi connectivity index (χ0) is 25.8. The first-order chi connectivity index (χ1) is 17.9. The minimum Gasteiger partial charge on any atom is -0.497 e. The van der Waals surface area contributed by atoms with E-state index in [0.717, 1.165) is 45.4 Å². The molecule has 1 N–H and O–H groups in total. The second kappa shape index (κ2) is 8.44. The Kier molecular flexibility index (Phi) is 5.19. The molecule has 0 radical (unpaired) electrons. The zero-order valence-corrected chi connectivity index (χ0v) is 21.0. The Balaban J connectivity index is 1.80. The monoisotopic (exact) mass is 494 g/mol. The maximum atomic E-state index is 13.7. The lowest BCUT2D eigenvalue weighted by molar-refractivity contribution is 0.414. The van der Waals surface area contributed by atoms with E-state index in [4.69, 9.17) is 9.47 Å². The van der Waals surface area contributed by atoms with Crippen LogP contribution in [0.25, 0.3) is 27.8 Å². The first kappa shape index (κ1) is 22.7. The molecule has 0 saturated carbocycles. The fourth-order valence-electron chi connectivity index (χ4n) is 5.29. The SMILES string of the molecule is COc1ccc(-c2c3c(=O)n(C)c(=O)n(C)c3c3n2-c2ccccc2N[C@@H]3c2ccc(OC)cc2)cc1. The van der Waals surface area contributed by atoms with E-state index in [1.807, 2.05) is 72.8 Å². The first-order valence-electron chi connectivity index (χ1n) is 11.9. The van der Waals surface area contributed by atoms with Crippen molar-refractivity contribution in [2.75, 3.05) is 19.5 Å². The van der Waals surface area contributed by atoms with Gasteiger partial charge in [0.15, 0.2) is 0 Å². The molecule has 0 aliphatic carbocycles. The minimum absolute atomic E-state index is 0.326. The van der Waals surface area contributed by atoms with Gasteiger partial charge in [0.1, 0.15) is 11.5 Å². The molecule has 8 heteroatoms. The van der Waals surface area contributed by atoms with Crippen LogP contribution >= 0.6 is 0 Å². The normalized spacial score (nSPS) is 14.1. The second-order valence-corrected chi connectivity index (χ2v) is 9.09. The largest absolute Gasteiger partial charge is 0.497 e. The smallest absolute Gasteiger partial charge is 0.331 e. The zero-order valence-electron chi connectivity index (χ0n) is 21.0. The molecule has 6 rings (SSSR count). The van der Waals surface area contributed by atoms with Crippen LogP contribution in [0.15, 0.2) is 82.4 Å². The molecule has 37 heavy (non-hydrogen) atoms. The van der Waals surface area contributed by atoms with E-state index < -0.39 is 0 Å². The highest BCUT2D eigenvalue weighted by Gasteiger charge is 2.34. The van der Waals surface area contributed by atoms with Gasteiger partial charge in [0.05, 0.1) is 53.9 Å². The summed E-state index contributed by atoms with van der Waals surface area (Å²) in [6.45, 7) is 0. The first-order valence-corrected chi connectivity index (χ1v) is 11.9. The summed E-state index contributed by atoms with van der Waals surface area (Å²) >= 11 is 0. The summed E-state index contributed by atoms with van der Waals surface area (Å²) in [6.07, 6.45) is 0. The van der Waals surface area contributed by atoms with Crippen LogP contribution in [0.3, 0.4) is 0 Å². The molecule has 0 saturated heterocycles. The van der Waals surface area contributed by atoms with E-state index in [0.29, 0.717) is 10.9 Å². The van der Waals surface area contributed by atoms with E-state index in [-0.39, 0.29) is 17.3 Å². The molecule has 5 aromatic rings. The quantitative estimate of drug-likeness (QED) is 0.405. The number of fused-ring (bicyclic) bond motifs is 5. The molecule has 186 valence electrons. The highest BCUT2D eigenvalue weighted by Crippen LogP contribution is 2.45. The standard InChI is InChI=1S/C29H26N4O4/c1-31-26-23(28(34)32(2)29(31)35)25(18-11-15-20(37-4)16-12-18)33-22-8-6-5-7-21(22)30-24(27(26)33)17-9-13-19(36-3)14-10-17/h5-16,24,30H,1-4H3/t24-/m1/s1. The minimum atomic E-state index is -0.375. The number of hydrogen-bond donors (Lipinski definition) is 1. The van der Waals surface area contributed by atoms with Gasteiger partial charge in [0, 0.05) is 14.1 Å². The van der Waals surface area contributed by atoms with Gasteiger partial charge in [-0.15, -0.1) is 0 Å². The molecule has 3 heterocycles. The predicted octanol–water partition coefficient (Wildman–Crippen LogP) is 4.23. The molecule has 1 aliphatic rings. The van der Waals surface area contributed by atoms with E-state index in [1.54, 1.807) is 25.8 Å². The van der Waals surface area contributed by atoms with Gasteiger partial charge in [-0.25, -0.2) is 4.79 Å². The van der Waals surface area contributed by atoms with Crippen LogP contribution in [0.5, 0.6) is 11.5 Å². The number of rotatable bonds is 4. The highest BCUT2D eigenvalue weighted by atomic mass is 16.5. The Morgan fingerprint density at radius 2 is 1.41 bits per heavy atom. The number of nitrogens with one attached hydrogen (secondary N) is 1. The van der Waals surface area contributed by atoms with Crippen molar-refractivity contribution in [3.05, 3.63) is 105 Å². The Hall–Kier alpha value is -4.72. The number of aryl methyl sites for hydroxylation is 1. The molecule has 1 atom stereocenters. The molecule has 2 aromatic heterocycles. The number of ether oxygens (including phenoxy) is 2. The third-order valence-corrected chi connectivity index (χ3v) is 7.14. The van der Waals surface area contributed by atoms with Crippen LogP contribution in [0.1, 0.15) is 17.3 Å². The molecule has 8 nitrogen and oxygen atoms in total. The fourth-order valence-corrected chi connectivity index (χ4v) is 5.29. The van der Waals surface area contributed by atoms with E-state index in [9.17, 15) is 9.59 Å². The van der Waals surface area contributed by atoms with Crippen LogP contribution in [0, 0.1) is 0 Å². The van der Waals surface area contributed by atoms with E-state index in [1.165, 1.54) is 11.6 Å². The molecular weight excluding hydrogens is 468 g/mol. The second-order valence-electron chi connectivity index (χ2n) is 9.09. The highest BCUT2D eigenvalue weighted by molar-refractivity contribution is 5.99. The van der Waals surface area contributed by atoms with Crippen molar-refractivity contribution in [2.45, 2.75) is 6.04 Å². The summed E-state index contributed by atoms with van der Waals surface area (Å²) < 4.78 is 15.6. The third-order valence-electron chi connectivity index (χ3n) is 7.14. The van der Waals surface area contributed by atoms with Crippen LogP contribution in [0.2, 0.25) is 0 Å². The average Bonchev–Trinajstić information content (AvgIpc) is 3.31. The van der Waals surface area contributed by atoms with Crippen molar-refractivity contribution in [2.24, 2.45) is 14.1 Å². The number of para-hydroxylation sites is 2. The number of benzene rings is 3. The molecular formula is C29H26N4O4. The number of hydrogen-bond acceptors (Lipinski definition) is 5. The summed E-state index contributed by atoms with van der Waals surface area (Å²) in [6, 6.07) is 23.1. The lowest BCUT2D eigenvalue weighted by Crippen LogP contribution is -2.37. The van der Waals surface area contributed by atoms with Crippen LogP contribution in [-0.2, 0) is 14.1 Å². The summed E-state index contributed by atoms with van der Waals surface area (Å²) in [5, 5.41) is 4.14. The van der Waals surface area contributed by atoms with Crippen molar-refractivity contribution in [3.8, 4) is 28.4 Å². The van der Waals surface area contributed by atoms with Gasteiger partial charge in [-0.1, -0.05) is 24.3 Å². The molecule has 1 aliphatic heterocycles. The van der Waals surface area contributed by atoms with Gasteiger partial charge in [0.2, 0.25) is 0 Å². The van der Waals surface area contributed by atoms with E-state index >= 15 is 0 Å². The number of aromatic nitrogens is 3. The number of methoxy groups -OCH3 is 2. The van der Waals surface area contributed by atoms with Gasteiger partial charge in [-0.05, 0) is 59.7 Å². The average molecular weight is 495 g/mol. The summed E-state index contributed by atoms with van der Waals surface area (Å²) in [5.74, 6) is 1.47. The predicted molar refractivity (Wildman–Crippen MR) is 144 cm³/mol. The third kappa shape index (κ3) is 3.29. The van der Waals surface area contributed by atoms with Crippen LogP contribution < -0.4 is 26.0 Å². The molecule has 0 bridgehead atoms. The Bertz CT molecular complexity index is 1780. The lowest BCUT2D eigenvalue weighted by atomic mass is 9.99. The van der Waals surface area contributed by atoms with Gasteiger partial charge in [-0.3, -0.25) is 13.9 Å². The maximum absolute atomic E-state index is 13.7. The Labute approximate surface area is 212 Å². The van der Waals surface area contributed by atoms with Gasteiger partial charge in [0.25, 0.3) is 5.56 Å². The number of nitrogens with zero attached hydrogens (tertiary/aromatic N) is 3. The van der Waals surface area contributed by atoms with Crippen molar-refractivity contribution < 1.29 is 9.47 Å². The Morgan fingerprint density at radius 1 is 0.784 bits per heavy atom. The van der Waals surface area contributed by atoms with Crippen LogP contribution in [0.4, 0.5) is 5.69 Å². The Morgan fingerprint density at radius 3 is 2.05 bits per heavy atom. The fraction of sp³-hybridized carbons (Fsp3) is 0.172. The van der Waals surface area contributed by atoms with Crippen molar-refractivity contribution in [1.29, 1.82) is 0 Å². The van der Waals surface area contributed by atoms with Crippen molar-refractivity contribution in [3.63, 3.8) is 0 Å². The molecule has 0 amide bonds. The summed E-state index contributed by atoms with van der Waals surface area (Å²) in [4.78, 5) is 26.9. The molecule has 3 aromatic carbocycles. The van der Waals surface area contributed by atoms with Crippen LogP contribution in [-0.4, -0.2) is 27.9 Å². The van der Waals surface area contributed by atoms with Gasteiger partial charge in [-0.2, -0.15) is 0 Å². The van der Waals surface area contributed by atoms with Gasteiger partial charge < -0.3 is 19.4 Å². The van der Waals surface area contributed by atoms with Crippen molar-refractivity contribution >= 4 is 16.6 Å². The van der Waals surface area contributed by atoms with E-state index in [2.05, 4.69) is 9.88 Å². The summed E-state index contributed by atoms with van der Waals surface area (Å²) in [7, 11) is 6.49.